The van der Waals surface area contributed by atoms with Gasteiger partial charge in [0.15, 0.2) is 11.6 Å². The Hall–Kier alpha value is -1.17. The number of hydrogen-bond acceptors (Lipinski definition) is 3. The Morgan fingerprint density at radius 2 is 2.18 bits per heavy atom. The highest BCUT2D eigenvalue weighted by Gasteiger charge is 2.16. The molecule has 4 nitrogen and oxygen atoms in total. The molecule has 94 valence electrons. The zero-order valence-corrected chi connectivity index (χ0v) is 11.0. The standard InChI is InChI=1S/C11H13BrFNO3/c1-8-6-11(17-5-3-2-4-12)9(13)7-10(8)14(15)16/h6-7H,2-5H2,1H3. The van der Waals surface area contributed by atoms with Gasteiger partial charge in [0.2, 0.25) is 0 Å². The van der Waals surface area contributed by atoms with Gasteiger partial charge >= 0.3 is 0 Å². The lowest BCUT2D eigenvalue weighted by atomic mass is 10.2. The van der Waals surface area contributed by atoms with Crippen LogP contribution < -0.4 is 4.74 Å². The molecule has 0 heterocycles. The van der Waals surface area contributed by atoms with Gasteiger partial charge in [-0.1, -0.05) is 15.9 Å². The molecule has 0 bridgehead atoms. The Labute approximate surface area is 107 Å². The largest absolute Gasteiger partial charge is 0.491 e. The van der Waals surface area contributed by atoms with Gasteiger partial charge in [0.1, 0.15) is 0 Å². The Morgan fingerprint density at radius 1 is 1.47 bits per heavy atom. The number of benzene rings is 1. The maximum atomic E-state index is 13.5. The van der Waals surface area contributed by atoms with E-state index in [4.69, 9.17) is 4.74 Å². The van der Waals surface area contributed by atoms with Gasteiger partial charge in [-0.3, -0.25) is 10.1 Å². The van der Waals surface area contributed by atoms with E-state index in [2.05, 4.69) is 15.9 Å². The molecule has 0 spiro atoms. The first-order chi connectivity index (χ1) is 8.06. The predicted molar refractivity (Wildman–Crippen MR) is 66.3 cm³/mol. The number of aryl methyl sites for hydroxylation is 1. The molecule has 0 aliphatic carbocycles. The quantitative estimate of drug-likeness (QED) is 0.349. The number of halogens is 2. The zero-order chi connectivity index (χ0) is 12.8. The number of rotatable bonds is 6. The third-order valence-electron chi connectivity index (χ3n) is 2.23. The second kappa shape index (κ2) is 6.54. The van der Waals surface area contributed by atoms with Crippen molar-refractivity contribution in [2.24, 2.45) is 0 Å². The van der Waals surface area contributed by atoms with Crippen LogP contribution in [0.5, 0.6) is 5.75 Å². The van der Waals surface area contributed by atoms with E-state index in [9.17, 15) is 14.5 Å². The summed E-state index contributed by atoms with van der Waals surface area (Å²) in [6, 6.07) is 2.26. The van der Waals surface area contributed by atoms with Gasteiger partial charge in [0, 0.05) is 10.9 Å². The maximum absolute atomic E-state index is 13.5. The fraction of sp³-hybridized carbons (Fsp3) is 0.455. The molecule has 0 unspecified atom stereocenters. The van der Waals surface area contributed by atoms with Gasteiger partial charge in [-0.05, 0) is 25.8 Å². The second-order valence-corrected chi connectivity index (χ2v) is 4.36. The summed E-state index contributed by atoms with van der Waals surface area (Å²) >= 11 is 3.28. The smallest absolute Gasteiger partial charge is 0.275 e. The van der Waals surface area contributed by atoms with Crippen LogP contribution in [0.25, 0.3) is 0 Å². The maximum Gasteiger partial charge on any atom is 0.275 e. The summed E-state index contributed by atoms with van der Waals surface area (Å²) in [6.45, 7) is 1.96. The first kappa shape index (κ1) is 13.9. The van der Waals surface area contributed by atoms with Crippen LogP contribution in [-0.2, 0) is 0 Å². The summed E-state index contributed by atoms with van der Waals surface area (Å²) in [7, 11) is 0. The highest BCUT2D eigenvalue weighted by Crippen LogP contribution is 2.27. The lowest BCUT2D eigenvalue weighted by molar-refractivity contribution is -0.385. The molecule has 0 atom stereocenters. The van der Waals surface area contributed by atoms with Gasteiger partial charge in [-0.25, -0.2) is 4.39 Å². The van der Waals surface area contributed by atoms with Gasteiger partial charge in [0.05, 0.1) is 17.6 Å². The van der Waals surface area contributed by atoms with Crippen molar-refractivity contribution in [3.8, 4) is 5.75 Å². The van der Waals surface area contributed by atoms with Crippen molar-refractivity contribution in [3.05, 3.63) is 33.6 Å². The summed E-state index contributed by atoms with van der Waals surface area (Å²) in [5, 5.41) is 11.5. The molecular weight excluding hydrogens is 293 g/mol. The Morgan fingerprint density at radius 3 is 2.76 bits per heavy atom. The third-order valence-corrected chi connectivity index (χ3v) is 2.79. The van der Waals surface area contributed by atoms with Crippen molar-refractivity contribution in [2.75, 3.05) is 11.9 Å². The summed E-state index contributed by atoms with van der Waals surface area (Å²) in [4.78, 5) is 9.97. The van der Waals surface area contributed by atoms with Crippen LogP contribution >= 0.6 is 15.9 Å². The Kier molecular flexibility index (Phi) is 5.34. The molecule has 0 radical (unpaired) electrons. The number of nitro groups is 1. The Bertz CT molecular complexity index is 412. The molecule has 1 aromatic carbocycles. The molecule has 0 N–H and O–H groups in total. The molecule has 1 aromatic rings. The molecule has 0 fully saturated rings. The lowest BCUT2D eigenvalue weighted by Crippen LogP contribution is -2.01. The number of hydrogen-bond donors (Lipinski definition) is 0. The van der Waals surface area contributed by atoms with Crippen LogP contribution in [0.15, 0.2) is 12.1 Å². The predicted octanol–water partition coefficient (Wildman–Crippen LogP) is 3.60. The normalized spacial score (nSPS) is 10.3. The van der Waals surface area contributed by atoms with E-state index in [1.807, 2.05) is 0 Å². The van der Waals surface area contributed by atoms with E-state index < -0.39 is 10.7 Å². The third kappa shape index (κ3) is 3.96. The zero-order valence-electron chi connectivity index (χ0n) is 9.41. The van der Waals surface area contributed by atoms with E-state index in [1.54, 1.807) is 6.92 Å². The number of alkyl halides is 1. The summed E-state index contributed by atoms with van der Waals surface area (Å²) in [5.74, 6) is -0.621. The van der Waals surface area contributed by atoms with E-state index in [0.717, 1.165) is 24.2 Å². The highest BCUT2D eigenvalue weighted by molar-refractivity contribution is 9.09. The van der Waals surface area contributed by atoms with Crippen LogP contribution in [0.4, 0.5) is 10.1 Å². The summed E-state index contributed by atoms with van der Waals surface area (Å²) in [5.41, 5.74) is 0.169. The van der Waals surface area contributed by atoms with Crippen LogP contribution in [0, 0.1) is 22.9 Å². The van der Waals surface area contributed by atoms with Crippen molar-refractivity contribution < 1.29 is 14.1 Å². The molecule has 6 heteroatoms. The average molecular weight is 306 g/mol. The van der Waals surface area contributed by atoms with Crippen molar-refractivity contribution >= 4 is 21.6 Å². The fourth-order valence-electron chi connectivity index (χ4n) is 1.33. The monoisotopic (exact) mass is 305 g/mol. The molecule has 0 aliphatic heterocycles. The van der Waals surface area contributed by atoms with Gasteiger partial charge in [-0.15, -0.1) is 0 Å². The molecule has 0 saturated heterocycles. The van der Waals surface area contributed by atoms with Gasteiger partial charge in [0.25, 0.3) is 5.69 Å². The van der Waals surface area contributed by atoms with Crippen LogP contribution in [0.1, 0.15) is 18.4 Å². The summed E-state index contributed by atoms with van der Waals surface area (Å²) < 4.78 is 18.7. The molecule has 0 aliphatic rings. The first-order valence-corrected chi connectivity index (χ1v) is 6.31. The molecule has 17 heavy (non-hydrogen) atoms. The second-order valence-electron chi connectivity index (χ2n) is 3.57. The van der Waals surface area contributed by atoms with E-state index in [1.165, 1.54) is 6.07 Å². The minimum atomic E-state index is -0.693. The number of nitrogens with zero attached hydrogens (tertiary/aromatic N) is 1. The van der Waals surface area contributed by atoms with Crippen LogP contribution in [-0.4, -0.2) is 16.9 Å². The number of nitro benzene ring substituents is 1. The first-order valence-electron chi connectivity index (χ1n) is 5.19. The molecular formula is C11H13BrFNO3. The van der Waals surface area contributed by atoms with Crippen molar-refractivity contribution in [3.63, 3.8) is 0 Å². The van der Waals surface area contributed by atoms with E-state index in [-0.39, 0.29) is 11.4 Å². The Balaban J connectivity index is 2.74. The van der Waals surface area contributed by atoms with Crippen molar-refractivity contribution in [1.29, 1.82) is 0 Å². The molecule has 0 amide bonds. The summed E-state index contributed by atoms with van der Waals surface area (Å²) in [6.07, 6.45) is 1.74. The van der Waals surface area contributed by atoms with E-state index in [0.29, 0.717) is 12.2 Å². The van der Waals surface area contributed by atoms with Crippen molar-refractivity contribution in [1.82, 2.24) is 0 Å². The molecule has 1 rings (SSSR count). The fourth-order valence-corrected chi connectivity index (χ4v) is 1.73. The topological polar surface area (TPSA) is 52.4 Å². The van der Waals surface area contributed by atoms with E-state index >= 15 is 0 Å². The van der Waals surface area contributed by atoms with Crippen LogP contribution in [0.3, 0.4) is 0 Å². The van der Waals surface area contributed by atoms with Crippen molar-refractivity contribution in [2.45, 2.75) is 19.8 Å². The van der Waals surface area contributed by atoms with Gasteiger partial charge < -0.3 is 4.74 Å². The number of unbranched alkanes of at least 4 members (excludes halogenated alkanes) is 1. The minimum absolute atomic E-state index is 0.0719. The highest BCUT2D eigenvalue weighted by atomic mass is 79.9. The lowest BCUT2D eigenvalue weighted by Gasteiger charge is -2.07. The number of ether oxygens (including phenoxy) is 1. The molecule has 0 aromatic heterocycles. The van der Waals surface area contributed by atoms with Gasteiger partial charge in [-0.2, -0.15) is 0 Å². The minimum Gasteiger partial charge on any atom is -0.491 e. The molecule has 0 saturated carbocycles. The average Bonchev–Trinajstić information content (AvgIpc) is 2.28. The SMILES string of the molecule is Cc1cc(OCCCCBr)c(F)cc1[N+](=O)[O-]. The van der Waals surface area contributed by atoms with Crippen LogP contribution in [0.2, 0.25) is 0 Å².